The van der Waals surface area contributed by atoms with Crippen LogP contribution < -0.4 is 4.74 Å². The zero-order valence-electron chi connectivity index (χ0n) is 21.7. The van der Waals surface area contributed by atoms with Crippen LogP contribution in [-0.2, 0) is 32.1 Å². The summed E-state index contributed by atoms with van der Waals surface area (Å²) in [5.41, 5.74) is 1.87. The van der Waals surface area contributed by atoms with E-state index in [0.717, 1.165) is 17.7 Å². The van der Waals surface area contributed by atoms with Gasteiger partial charge in [-0.15, -0.1) is 0 Å². The Kier molecular flexibility index (Phi) is 9.50. The number of alkyl halides is 2. The fourth-order valence-corrected chi connectivity index (χ4v) is 4.70. The second-order valence-electron chi connectivity index (χ2n) is 9.51. The lowest BCUT2D eigenvalue weighted by Crippen LogP contribution is -2.06. The Bertz CT molecular complexity index is 1480. The van der Waals surface area contributed by atoms with Gasteiger partial charge in [-0.3, -0.25) is 0 Å². The molecular weight excluding hydrogens is 533 g/mol. The molecule has 1 nitrogen and oxygen atoms in total. The van der Waals surface area contributed by atoms with Gasteiger partial charge in [-0.2, -0.15) is 8.78 Å². The summed E-state index contributed by atoms with van der Waals surface area (Å²) in [6, 6.07) is 12.8. The van der Waals surface area contributed by atoms with E-state index in [1.807, 2.05) is 19.1 Å². The lowest BCUT2D eigenvalue weighted by Gasteiger charge is -2.11. The third kappa shape index (κ3) is 7.03. The molecule has 0 saturated heterocycles. The third-order valence-electron chi connectivity index (χ3n) is 6.75. The van der Waals surface area contributed by atoms with Crippen LogP contribution in [0.2, 0.25) is 0 Å². The summed E-state index contributed by atoms with van der Waals surface area (Å²) in [5.74, 6) is -5.34. The number of aryl methyl sites for hydroxylation is 4. The molecule has 0 fully saturated rings. The van der Waals surface area contributed by atoms with E-state index in [9.17, 15) is 26.3 Å². The molecule has 0 aliphatic heterocycles. The molecule has 0 heterocycles. The van der Waals surface area contributed by atoms with Crippen LogP contribution in [0.3, 0.4) is 0 Å². The average molecular weight is 561 g/mol. The topological polar surface area (TPSA) is 9.23 Å². The first-order valence-corrected chi connectivity index (χ1v) is 12.9. The fraction of sp³-hybridized carbons (Fsp3) is 0.250. The number of rotatable bonds is 11. The average Bonchev–Trinajstić information content (AvgIpc) is 2.90. The molecule has 0 amide bonds. The van der Waals surface area contributed by atoms with Gasteiger partial charge in [-0.05, 0) is 97.4 Å². The van der Waals surface area contributed by atoms with Crippen molar-refractivity contribution in [3.63, 3.8) is 0 Å². The number of hydrogen-bond donors (Lipinski definition) is 0. The molecule has 40 heavy (non-hydrogen) atoms. The third-order valence-corrected chi connectivity index (χ3v) is 6.75. The van der Waals surface area contributed by atoms with Crippen molar-refractivity contribution in [2.45, 2.75) is 52.1 Å². The van der Waals surface area contributed by atoms with Gasteiger partial charge in [0.2, 0.25) is 0 Å². The highest BCUT2D eigenvalue weighted by Gasteiger charge is 2.18. The van der Waals surface area contributed by atoms with E-state index in [0.29, 0.717) is 41.2 Å². The largest absolute Gasteiger partial charge is 0.429 e. The van der Waals surface area contributed by atoms with Gasteiger partial charge in [0.25, 0.3) is 0 Å². The van der Waals surface area contributed by atoms with E-state index in [1.165, 1.54) is 12.1 Å². The minimum atomic E-state index is -3.37. The monoisotopic (exact) mass is 560 g/mol. The Balaban J connectivity index is 1.44. The molecule has 0 spiro atoms. The van der Waals surface area contributed by atoms with Gasteiger partial charge in [0.1, 0.15) is 17.5 Å². The van der Waals surface area contributed by atoms with Crippen molar-refractivity contribution in [1.82, 2.24) is 0 Å². The Hall–Kier alpha value is -3.81. The molecule has 4 aromatic carbocycles. The molecule has 0 aromatic heterocycles. The lowest BCUT2D eigenvalue weighted by atomic mass is 9.96. The van der Waals surface area contributed by atoms with Crippen LogP contribution in [0.15, 0.2) is 66.7 Å². The zero-order chi connectivity index (χ0) is 28.8. The predicted molar refractivity (Wildman–Crippen MR) is 141 cm³/mol. The predicted octanol–water partition coefficient (Wildman–Crippen LogP) is 9.22. The Morgan fingerprint density at radius 2 is 1.30 bits per heavy atom. The maximum Gasteiger partial charge on any atom is 0.387 e. The summed E-state index contributed by atoms with van der Waals surface area (Å²) in [7, 11) is 0. The summed E-state index contributed by atoms with van der Waals surface area (Å²) in [5, 5.41) is 0.937. The van der Waals surface area contributed by atoms with E-state index < -0.39 is 41.4 Å². The summed E-state index contributed by atoms with van der Waals surface area (Å²) >= 11 is 0. The van der Waals surface area contributed by atoms with Crippen molar-refractivity contribution in [2.75, 3.05) is 0 Å². The second kappa shape index (κ2) is 13.0. The van der Waals surface area contributed by atoms with Crippen molar-refractivity contribution in [2.24, 2.45) is 0 Å². The first-order valence-electron chi connectivity index (χ1n) is 12.9. The van der Waals surface area contributed by atoms with Gasteiger partial charge in [-0.25, -0.2) is 22.0 Å². The quantitative estimate of drug-likeness (QED) is 0.131. The Labute approximate surface area is 227 Å². The molecule has 0 atom stereocenters. The normalized spacial score (nSPS) is 11.7. The molecule has 0 radical (unpaired) electrons. The van der Waals surface area contributed by atoms with Crippen LogP contribution in [0.5, 0.6) is 5.75 Å². The molecular formula is C32H27F7O. The highest BCUT2D eigenvalue weighted by atomic mass is 19.3. The Morgan fingerprint density at radius 3 is 1.95 bits per heavy atom. The lowest BCUT2D eigenvalue weighted by molar-refractivity contribution is -0.0546. The number of allylic oxidation sites excluding steroid dienone is 2. The van der Waals surface area contributed by atoms with E-state index >= 15 is 4.39 Å². The number of fused-ring (bicyclic) bond motifs is 1. The number of halogens is 7. The summed E-state index contributed by atoms with van der Waals surface area (Å²) < 4.78 is 101. The van der Waals surface area contributed by atoms with E-state index in [4.69, 9.17) is 0 Å². The highest BCUT2D eigenvalue weighted by molar-refractivity contribution is 5.84. The van der Waals surface area contributed by atoms with Gasteiger partial charge in [0.05, 0.1) is 0 Å². The number of hydrogen-bond acceptors (Lipinski definition) is 1. The smallest absolute Gasteiger partial charge is 0.387 e. The second-order valence-corrected chi connectivity index (χ2v) is 9.51. The summed E-state index contributed by atoms with van der Waals surface area (Å²) in [6.07, 6.45) is 5.75. The van der Waals surface area contributed by atoms with Gasteiger partial charge in [-0.1, -0.05) is 42.5 Å². The van der Waals surface area contributed by atoms with E-state index in [1.54, 1.807) is 30.3 Å². The number of ether oxygens (including phenoxy) is 1. The fourth-order valence-electron chi connectivity index (χ4n) is 4.70. The van der Waals surface area contributed by atoms with Crippen molar-refractivity contribution in [1.29, 1.82) is 0 Å². The van der Waals surface area contributed by atoms with Crippen LogP contribution in [0, 0.1) is 29.1 Å². The standard InChI is InChI=1S/C32H27F7O/c1-2-3-4-5-20-15-26(33)25(27(34)16-20)13-8-19-7-12-24-23(14-19)11-10-22(30(24)37)9-6-21-17-28(35)31(29(36)18-21)40-32(38)39/h2-3,7,10-12,14-18,32H,4-6,8-9,13H2,1H3/b3-2+. The maximum absolute atomic E-state index is 15.2. The van der Waals surface area contributed by atoms with Crippen LogP contribution in [0.1, 0.15) is 41.2 Å². The maximum atomic E-state index is 15.2. The van der Waals surface area contributed by atoms with Crippen molar-refractivity contribution < 1.29 is 35.5 Å². The molecule has 4 rings (SSSR count). The van der Waals surface area contributed by atoms with E-state index in [2.05, 4.69) is 4.74 Å². The van der Waals surface area contributed by atoms with Gasteiger partial charge < -0.3 is 4.74 Å². The minimum absolute atomic E-state index is 0.0121. The van der Waals surface area contributed by atoms with Crippen LogP contribution in [0.4, 0.5) is 30.7 Å². The highest BCUT2D eigenvalue weighted by Crippen LogP contribution is 2.28. The minimum Gasteiger partial charge on any atom is -0.429 e. The zero-order valence-corrected chi connectivity index (χ0v) is 21.7. The van der Waals surface area contributed by atoms with Crippen molar-refractivity contribution >= 4 is 10.8 Å². The van der Waals surface area contributed by atoms with Crippen molar-refractivity contribution in [3.8, 4) is 5.75 Å². The molecule has 0 N–H and O–H groups in total. The first kappa shape index (κ1) is 29.2. The Morgan fingerprint density at radius 1 is 0.675 bits per heavy atom. The van der Waals surface area contributed by atoms with Crippen LogP contribution in [-0.4, -0.2) is 6.61 Å². The molecule has 8 heteroatoms. The molecule has 210 valence electrons. The molecule has 0 aliphatic carbocycles. The van der Waals surface area contributed by atoms with Gasteiger partial charge in [0.15, 0.2) is 17.4 Å². The molecule has 4 aromatic rings. The summed E-state index contributed by atoms with van der Waals surface area (Å²) in [6.45, 7) is -1.48. The van der Waals surface area contributed by atoms with E-state index in [-0.39, 0.29) is 30.4 Å². The SMILES string of the molecule is C/C=C/CCc1cc(F)c(CCc2ccc3c(F)c(CCc4cc(F)c(OC(F)F)c(F)c4)ccc3c2)c(F)c1. The van der Waals surface area contributed by atoms with Gasteiger partial charge in [0, 0.05) is 10.9 Å². The molecule has 0 bridgehead atoms. The van der Waals surface area contributed by atoms with Crippen LogP contribution >= 0.6 is 0 Å². The van der Waals surface area contributed by atoms with Crippen molar-refractivity contribution in [3.05, 3.63) is 124 Å². The van der Waals surface area contributed by atoms with Gasteiger partial charge >= 0.3 is 6.61 Å². The summed E-state index contributed by atoms with van der Waals surface area (Å²) in [4.78, 5) is 0. The first-order chi connectivity index (χ1) is 19.2. The number of benzene rings is 4. The molecule has 0 unspecified atom stereocenters. The molecule has 0 aliphatic rings. The molecule has 0 saturated carbocycles. The van der Waals surface area contributed by atoms with Crippen LogP contribution in [0.25, 0.3) is 10.8 Å².